The number of carbonyl (C=O) groups excluding carboxylic acids is 1. The number of benzene rings is 1. The lowest BCUT2D eigenvalue weighted by Gasteiger charge is -2.24. The third-order valence-electron chi connectivity index (χ3n) is 3.75. The highest BCUT2D eigenvalue weighted by atomic mass is 16.5. The monoisotopic (exact) mass is 233 g/mol. The Kier molecular flexibility index (Phi) is 3.48. The Hall–Kier alpha value is -1.35. The number of Topliss-reactive ketones (excluding diaryl/α,β-unsaturated/α-hetero) is 1. The predicted octanol–water partition coefficient (Wildman–Crippen LogP) is 2.27. The zero-order valence-corrected chi connectivity index (χ0v) is 10.5. The number of hydrogen-bond donors (Lipinski definition) is 1. The molecule has 0 radical (unpaired) electrons. The Morgan fingerprint density at radius 3 is 2.59 bits per heavy atom. The second-order valence-electron chi connectivity index (χ2n) is 4.62. The normalized spacial score (nSPS) is 23.6. The number of ketones is 1. The van der Waals surface area contributed by atoms with Crippen molar-refractivity contribution in [1.29, 1.82) is 0 Å². The lowest BCUT2D eigenvalue weighted by Crippen LogP contribution is -2.32. The summed E-state index contributed by atoms with van der Waals surface area (Å²) in [7, 11) is 1.63. The molecule has 1 heterocycles. The Morgan fingerprint density at radius 2 is 2.12 bits per heavy atom. The highest BCUT2D eigenvalue weighted by Gasteiger charge is 2.39. The summed E-state index contributed by atoms with van der Waals surface area (Å²) in [5.74, 6) is 1.05. The van der Waals surface area contributed by atoms with E-state index in [1.807, 2.05) is 24.3 Å². The number of carbonyl (C=O) groups is 1. The Labute approximate surface area is 102 Å². The fourth-order valence-corrected chi connectivity index (χ4v) is 2.45. The van der Waals surface area contributed by atoms with Gasteiger partial charge in [-0.15, -0.1) is 0 Å². The highest BCUT2D eigenvalue weighted by molar-refractivity contribution is 6.01. The smallest absolute Gasteiger partial charge is 0.170 e. The van der Waals surface area contributed by atoms with Crippen LogP contribution < -0.4 is 10.1 Å². The lowest BCUT2D eigenvalue weighted by atomic mass is 9.77. The molecule has 17 heavy (non-hydrogen) atoms. The van der Waals surface area contributed by atoms with E-state index in [9.17, 15) is 4.79 Å². The number of rotatable bonds is 4. The average Bonchev–Trinajstić information content (AvgIpc) is 2.88. The van der Waals surface area contributed by atoms with Crippen molar-refractivity contribution in [2.45, 2.75) is 19.8 Å². The van der Waals surface area contributed by atoms with Gasteiger partial charge in [0.05, 0.1) is 7.11 Å². The van der Waals surface area contributed by atoms with E-state index in [2.05, 4.69) is 12.2 Å². The second-order valence-corrected chi connectivity index (χ2v) is 4.62. The van der Waals surface area contributed by atoms with E-state index < -0.39 is 0 Å². The molecule has 1 fully saturated rings. The number of ether oxygens (including phenoxy) is 1. The quantitative estimate of drug-likeness (QED) is 0.811. The Balaban J connectivity index is 2.23. The van der Waals surface area contributed by atoms with E-state index in [-0.39, 0.29) is 11.2 Å². The van der Waals surface area contributed by atoms with Gasteiger partial charge in [-0.05, 0) is 43.7 Å². The van der Waals surface area contributed by atoms with Crippen LogP contribution in [0.3, 0.4) is 0 Å². The summed E-state index contributed by atoms with van der Waals surface area (Å²) in [5.41, 5.74) is 0.588. The molecule has 1 saturated heterocycles. The zero-order chi connectivity index (χ0) is 12.3. The van der Waals surface area contributed by atoms with Crippen molar-refractivity contribution < 1.29 is 9.53 Å². The first-order valence-corrected chi connectivity index (χ1v) is 6.11. The molecular formula is C14H19NO2. The molecule has 0 spiro atoms. The van der Waals surface area contributed by atoms with E-state index in [0.29, 0.717) is 0 Å². The third kappa shape index (κ3) is 2.20. The average molecular weight is 233 g/mol. The molecular weight excluding hydrogens is 214 g/mol. The molecule has 3 heteroatoms. The molecule has 0 saturated carbocycles. The van der Waals surface area contributed by atoms with Gasteiger partial charge in [0.15, 0.2) is 5.78 Å². The van der Waals surface area contributed by atoms with Crippen LogP contribution in [0.1, 0.15) is 30.1 Å². The van der Waals surface area contributed by atoms with Crippen LogP contribution in [0.4, 0.5) is 0 Å². The third-order valence-corrected chi connectivity index (χ3v) is 3.75. The molecule has 1 N–H and O–H groups in total. The van der Waals surface area contributed by atoms with Crippen molar-refractivity contribution in [2.24, 2.45) is 5.41 Å². The summed E-state index contributed by atoms with van der Waals surface area (Å²) in [6.07, 6.45) is 1.83. The molecule has 1 aromatic rings. The van der Waals surface area contributed by atoms with Gasteiger partial charge in [0.1, 0.15) is 5.75 Å². The van der Waals surface area contributed by atoms with Crippen molar-refractivity contribution >= 4 is 5.78 Å². The first kappa shape index (κ1) is 12.1. The summed E-state index contributed by atoms with van der Waals surface area (Å²) < 4.78 is 5.10. The first-order chi connectivity index (χ1) is 8.22. The van der Waals surface area contributed by atoms with Gasteiger partial charge in [0.2, 0.25) is 0 Å². The molecule has 0 bridgehead atoms. The van der Waals surface area contributed by atoms with Crippen molar-refractivity contribution in [1.82, 2.24) is 5.32 Å². The molecule has 0 aromatic heterocycles. The minimum Gasteiger partial charge on any atom is -0.497 e. The minimum atomic E-state index is -0.200. The molecule has 1 atom stereocenters. The topological polar surface area (TPSA) is 38.3 Å². The van der Waals surface area contributed by atoms with Crippen LogP contribution >= 0.6 is 0 Å². The van der Waals surface area contributed by atoms with Crippen LogP contribution in [0.25, 0.3) is 0 Å². The van der Waals surface area contributed by atoms with Gasteiger partial charge in [-0.25, -0.2) is 0 Å². The van der Waals surface area contributed by atoms with E-state index in [4.69, 9.17) is 4.74 Å². The van der Waals surface area contributed by atoms with Gasteiger partial charge in [-0.2, -0.15) is 0 Å². The molecule has 1 aliphatic rings. The Bertz CT molecular complexity index is 391. The van der Waals surface area contributed by atoms with Gasteiger partial charge >= 0.3 is 0 Å². The number of nitrogens with one attached hydrogen (secondary N) is 1. The molecule has 0 aliphatic carbocycles. The molecule has 3 nitrogen and oxygen atoms in total. The lowest BCUT2D eigenvalue weighted by molar-refractivity contribution is 0.0810. The van der Waals surface area contributed by atoms with Crippen molar-refractivity contribution in [3.63, 3.8) is 0 Å². The number of hydrogen-bond acceptors (Lipinski definition) is 3. The van der Waals surface area contributed by atoms with E-state index >= 15 is 0 Å². The highest BCUT2D eigenvalue weighted by Crippen LogP contribution is 2.33. The van der Waals surface area contributed by atoms with E-state index in [0.717, 1.165) is 37.2 Å². The van der Waals surface area contributed by atoms with Gasteiger partial charge in [0, 0.05) is 17.5 Å². The standard InChI is InChI=1S/C14H19NO2/c1-3-14(8-9-15-10-14)13(16)11-4-6-12(17-2)7-5-11/h4-7,15H,3,8-10H2,1-2H3. The second kappa shape index (κ2) is 4.88. The predicted molar refractivity (Wildman–Crippen MR) is 67.5 cm³/mol. The van der Waals surface area contributed by atoms with Crippen LogP contribution in [0.5, 0.6) is 5.75 Å². The molecule has 1 aliphatic heterocycles. The SMILES string of the molecule is CCC1(C(=O)c2ccc(OC)cc2)CCNC1. The number of methoxy groups -OCH3 is 1. The maximum atomic E-state index is 12.5. The van der Waals surface area contributed by atoms with Crippen LogP contribution in [0.15, 0.2) is 24.3 Å². The van der Waals surface area contributed by atoms with Crippen LogP contribution in [-0.2, 0) is 0 Å². The van der Waals surface area contributed by atoms with E-state index in [1.165, 1.54) is 0 Å². The largest absolute Gasteiger partial charge is 0.497 e. The molecule has 92 valence electrons. The molecule has 1 unspecified atom stereocenters. The maximum absolute atomic E-state index is 12.5. The molecule has 0 amide bonds. The van der Waals surface area contributed by atoms with Crippen molar-refractivity contribution in [2.75, 3.05) is 20.2 Å². The summed E-state index contributed by atoms with van der Waals surface area (Å²) in [6, 6.07) is 7.41. The fourth-order valence-electron chi connectivity index (χ4n) is 2.45. The minimum absolute atomic E-state index is 0.200. The first-order valence-electron chi connectivity index (χ1n) is 6.11. The molecule has 1 aromatic carbocycles. The van der Waals surface area contributed by atoms with Crippen LogP contribution in [0.2, 0.25) is 0 Å². The van der Waals surface area contributed by atoms with E-state index in [1.54, 1.807) is 7.11 Å². The van der Waals surface area contributed by atoms with Crippen molar-refractivity contribution in [3.8, 4) is 5.75 Å². The summed E-state index contributed by atoms with van der Waals surface area (Å²) in [6.45, 7) is 3.83. The summed E-state index contributed by atoms with van der Waals surface area (Å²) in [4.78, 5) is 12.5. The maximum Gasteiger partial charge on any atom is 0.170 e. The van der Waals surface area contributed by atoms with Crippen molar-refractivity contribution in [3.05, 3.63) is 29.8 Å². The van der Waals surface area contributed by atoms with Gasteiger partial charge in [0.25, 0.3) is 0 Å². The fraction of sp³-hybridized carbons (Fsp3) is 0.500. The summed E-state index contributed by atoms with van der Waals surface area (Å²) >= 11 is 0. The summed E-state index contributed by atoms with van der Waals surface area (Å²) in [5, 5.41) is 3.29. The van der Waals surface area contributed by atoms with Gasteiger partial charge in [-0.1, -0.05) is 6.92 Å². The zero-order valence-electron chi connectivity index (χ0n) is 10.5. The van der Waals surface area contributed by atoms with Gasteiger partial charge < -0.3 is 10.1 Å². The molecule has 2 rings (SSSR count). The van der Waals surface area contributed by atoms with Crippen LogP contribution in [0, 0.1) is 5.41 Å². The van der Waals surface area contributed by atoms with Gasteiger partial charge in [-0.3, -0.25) is 4.79 Å². The Morgan fingerprint density at radius 1 is 1.41 bits per heavy atom. The van der Waals surface area contributed by atoms with Crippen LogP contribution in [-0.4, -0.2) is 26.0 Å².